The summed E-state index contributed by atoms with van der Waals surface area (Å²) in [7, 11) is 5.70. The number of rotatable bonds is 2. The predicted molar refractivity (Wildman–Crippen MR) is 40.4 cm³/mol. The molecule has 50 valence electrons. The van der Waals surface area contributed by atoms with Crippen molar-refractivity contribution in [3.63, 3.8) is 0 Å². The lowest BCUT2D eigenvalue weighted by atomic mass is 9.83. The maximum Gasteiger partial charge on any atom is 0.0699 e. The zero-order valence-electron chi connectivity index (χ0n) is 6.17. The van der Waals surface area contributed by atoms with Crippen LogP contribution in [0.15, 0.2) is 0 Å². The maximum atomic E-state index is 5.70. The molecule has 0 heterocycles. The van der Waals surface area contributed by atoms with Crippen molar-refractivity contribution in [1.82, 2.24) is 0 Å². The van der Waals surface area contributed by atoms with Crippen molar-refractivity contribution in [2.45, 2.75) is 19.7 Å². The van der Waals surface area contributed by atoms with Gasteiger partial charge in [0.05, 0.1) is 7.85 Å². The average Bonchev–Trinajstić information content (AvgIpc) is 2.40. The SMILES string of the molecule is [B]C(C)C1C(C)[C@@H]1CN. The van der Waals surface area contributed by atoms with Crippen LogP contribution in [0.25, 0.3) is 0 Å². The van der Waals surface area contributed by atoms with E-state index < -0.39 is 0 Å². The van der Waals surface area contributed by atoms with Crippen LogP contribution in [-0.4, -0.2) is 14.4 Å². The van der Waals surface area contributed by atoms with E-state index in [2.05, 4.69) is 13.8 Å². The van der Waals surface area contributed by atoms with Gasteiger partial charge in [0.2, 0.25) is 0 Å². The molecule has 1 aliphatic rings. The predicted octanol–water partition coefficient (Wildman–Crippen LogP) is 0.804. The number of hydrogen-bond donors (Lipinski definition) is 1. The molecule has 0 spiro atoms. The second-order valence-electron chi connectivity index (χ2n) is 3.20. The van der Waals surface area contributed by atoms with E-state index in [1.807, 2.05) is 0 Å². The van der Waals surface area contributed by atoms with Crippen LogP contribution >= 0.6 is 0 Å². The minimum Gasteiger partial charge on any atom is -0.330 e. The smallest absolute Gasteiger partial charge is 0.0699 e. The van der Waals surface area contributed by atoms with E-state index in [9.17, 15) is 0 Å². The molecule has 0 aromatic carbocycles. The minimum atomic E-state index is 0.341. The molecule has 1 nitrogen and oxygen atoms in total. The zero-order chi connectivity index (χ0) is 7.02. The molecule has 9 heavy (non-hydrogen) atoms. The van der Waals surface area contributed by atoms with E-state index in [1.165, 1.54) is 0 Å². The highest BCUT2D eigenvalue weighted by atomic mass is 14.6. The molecule has 0 aromatic rings. The Labute approximate surface area is 58.4 Å². The van der Waals surface area contributed by atoms with Gasteiger partial charge in [-0.1, -0.05) is 19.7 Å². The van der Waals surface area contributed by atoms with E-state index in [0.717, 1.165) is 12.5 Å². The van der Waals surface area contributed by atoms with Crippen molar-refractivity contribution in [1.29, 1.82) is 0 Å². The Morgan fingerprint density at radius 3 is 2.33 bits per heavy atom. The normalized spacial score (nSPS) is 44.6. The summed E-state index contributed by atoms with van der Waals surface area (Å²) in [5.41, 5.74) is 5.50. The van der Waals surface area contributed by atoms with Crippen molar-refractivity contribution in [2.75, 3.05) is 6.54 Å². The van der Waals surface area contributed by atoms with Gasteiger partial charge in [0.15, 0.2) is 0 Å². The molecule has 0 bridgehead atoms. The van der Waals surface area contributed by atoms with Gasteiger partial charge in [0.25, 0.3) is 0 Å². The largest absolute Gasteiger partial charge is 0.330 e. The minimum absolute atomic E-state index is 0.341. The molecule has 2 radical (unpaired) electrons. The monoisotopic (exact) mass is 123 g/mol. The Bertz CT molecular complexity index is 103. The van der Waals surface area contributed by atoms with Crippen molar-refractivity contribution in [2.24, 2.45) is 23.5 Å². The fourth-order valence-corrected chi connectivity index (χ4v) is 1.82. The molecule has 2 heteroatoms. The van der Waals surface area contributed by atoms with Crippen molar-refractivity contribution in [3.8, 4) is 0 Å². The summed E-state index contributed by atoms with van der Waals surface area (Å²) in [6.45, 7) is 5.11. The molecule has 1 saturated carbocycles. The lowest BCUT2D eigenvalue weighted by molar-refractivity contribution is 0.684. The van der Waals surface area contributed by atoms with Gasteiger partial charge in [-0.05, 0) is 24.3 Å². The second-order valence-corrected chi connectivity index (χ2v) is 3.20. The molecule has 1 rings (SSSR count). The molecular weight excluding hydrogens is 109 g/mol. The van der Waals surface area contributed by atoms with Crippen LogP contribution in [0.2, 0.25) is 5.82 Å². The van der Waals surface area contributed by atoms with E-state index in [-0.39, 0.29) is 0 Å². The van der Waals surface area contributed by atoms with Gasteiger partial charge in [-0.2, -0.15) is 0 Å². The molecule has 2 N–H and O–H groups in total. The molecule has 4 atom stereocenters. The first-order valence-electron chi connectivity index (χ1n) is 3.64. The Hall–Kier alpha value is 0.0249. The highest BCUT2D eigenvalue weighted by molar-refractivity contribution is 6.11. The lowest BCUT2D eigenvalue weighted by Crippen LogP contribution is -2.04. The van der Waals surface area contributed by atoms with Crippen LogP contribution < -0.4 is 5.73 Å². The van der Waals surface area contributed by atoms with Gasteiger partial charge in [0, 0.05) is 0 Å². The van der Waals surface area contributed by atoms with Crippen LogP contribution in [0.4, 0.5) is 0 Å². The van der Waals surface area contributed by atoms with Crippen LogP contribution in [0.5, 0.6) is 0 Å². The average molecular weight is 123 g/mol. The highest BCUT2D eigenvalue weighted by Gasteiger charge is 2.46. The van der Waals surface area contributed by atoms with Gasteiger partial charge in [0.1, 0.15) is 0 Å². The van der Waals surface area contributed by atoms with Gasteiger partial charge in [-0.15, -0.1) is 0 Å². The van der Waals surface area contributed by atoms with Crippen LogP contribution in [-0.2, 0) is 0 Å². The summed E-state index contributed by atoms with van der Waals surface area (Å²) in [4.78, 5) is 0. The third-order valence-electron chi connectivity index (χ3n) is 2.52. The third-order valence-corrected chi connectivity index (χ3v) is 2.52. The summed E-state index contributed by atoms with van der Waals surface area (Å²) in [6, 6.07) is 0. The number of nitrogens with two attached hydrogens (primary N) is 1. The molecule has 0 amide bonds. The summed E-state index contributed by atoms with van der Waals surface area (Å²) < 4.78 is 0. The Kier molecular flexibility index (Phi) is 1.85. The molecule has 3 unspecified atom stereocenters. The van der Waals surface area contributed by atoms with Gasteiger partial charge >= 0.3 is 0 Å². The Morgan fingerprint density at radius 1 is 1.67 bits per heavy atom. The van der Waals surface area contributed by atoms with E-state index >= 15 is 0 Å². The Balaban J connectivity index is 2.33. The summed E-state index contributed by atoms with van der Waals surface area (Å²) in [5.74, 6) is 2.53. The fourth-order valence-electron chi connectivity index (χ4n) is 1.82. The van der Waals surface area contributed by atoms with Gasteiger partial charge in [-0.3, -0.25) is 0 Å². The second kappa shape index (κ2) is 2.33. The maximum absolute atomic E-state index is 5.70. The first-order valence-corrected chi connectivity index (χ1v) is 3.64. The highest BCUT2D eigenvalue weighted by Crippen LogP contribution is 2.51. The molecule has 1 aliphatic carbocycles. The third kappa shape index (κ3) is 1.13. The van der Waals surface area contributed by atoms with E-state index in [0.29, 0.717) is 17.7 Å². The zero-order valence-corrected chi connectivity index (χ0v) is 6.17. The van der Waals surface area contributed by atoms with Gasteiger partial charge in [-0.25, -0.2) is 0 Å². The van der Waals surface area contributed by atoms with Crippen LogP contribution in [0.1, 0.15) is 13.8 Å². The molecule has 0 aliphatic heterocycles. The number of hydrogen-bond acceptors (Lipinski definition) is 1. The van der Waals surface area contributed by atoms with Gasteiger partial charge < -0.3 is 5.73 Å². The van der Waals surface area contributed by atoms with E-state index in [4.69, 9.17) is 13.6 Å². The van der Waals surface area contributed by atoms with Crippen molar-refractivity contribution >= 4 is 7.85 Å². The topological polar surface area (TPSA) is 26.0 Å². The molecule has 1 fully saturated rings. The molecule has 0 saturated heterocycles. The molecular formula is C7H14BN. The summed E-state index contributed by atoms with van der Waals surface area (Å²) in [6.07, 6.45) is 0. The Morgan fingerprint density at radius 2 is 2.22 bits per heavy atom. The quantitative estimate of drug-likeness (QED) is 0.540. The lowest BCUT2D eigenvalue weighted by Gasteiger charge is -1.99. The van der Waals surface area contributed by atoms with Crippen molar-refractivity contribution in [3.05, 3.63) is 0 Å². The molecule has 0 aromatic heterocycles. The first-order chi connectivity index (χ1) is 4.18. The summed E-state index contributed by atoms with van der Waals surface area (Å²) >= 11 is 0. The van der Waals surface area contributed by atoms with E-state index in [1.54, 1.807) is 0 Å². The van der Waals surface area contributed by atoms with Crippen LogP contribution in [0.3, 0.4) is 0 Å². The fraction of sp³-hybridized carbons (Fsp3) is 1.00. The van der Waals surface area contributed by atoms with Crippen LogP contribution in [0, 0.1) is 17.8 Å². The van der Waals surface area contributed by atoms with Crippen molar-refractivity contribution < 1.29 is 0 Å². The first kappa shape index (κ1) is 7.14. The summed E-state index contributed by atoms with van der Waals surface area (Å²) in [5, 5.41) is 0. The standard InChI is InChI=1S/C7H14BN/c1-4-6(3-9)7(4)5(2)8/h4-7H,3,9H2,1-2H3/t4?,5?,6-,7?/m0/s1.